The second-order valence-electron chi connectivity index (χ2n) is 5.78. The quantitative estimate of drug-likeness (QED) is 0.578. The number of hydrogen-bond donors (Lipinski definition) is 1. The van der Waals surface area contributed by atoms with Gasteiger partial charge in [0.05, 0.1) is 17.1 Å². The number of rotatable bonds is 3. The van der Waals surface area contributed by atoms with Crippen molar-refractivity contribution in [2.24, 2.45) is 5.10 Å². The molecule has 0 aliphatic heterocycles. The molecule has 5 nitrogen and oxygen atoms in total. The highest BCUT2D eigenvalue weighted by Crippen LogP contribution is 2.18. The van der Waals surface area contributed by atoms with E-state index >= 15 is 0 Å². The number of benzene rings is 3. The minimum absolute atomic E-state index is 0.140. The molecule has 4 aromatic rings. The number of phenolic OH excluding ortho intramolecular Hbond substituents is 1. The van der Waals surface area contributed by atoms with E-state index in [1.165, 1.54) is 10.9 Å². The van der Waals surface area contributed by atoms with Crippen molar-refractivity contribution < 1.29 is 5.11 Å². The first kappa shape index (κ1) is 15.8. The van der Waals surface area contributed by atoms with Gasteiger partial charge >= 0.3 is 0 Å². The highest BCUT2D eigenvalue weighted by atomic mass is 16.3. The van der Waals surface area contributed by atoms with Crippen LogP contribution in [-0.2, 0) is 0 Å². The summed E-state index contributed by atoms with van der Waals surface area (Å²) in [6.45, 7) is 0. The maximum Gasteiger partial charge on any atom is 0.282 e. The van der Waals surface area contributed by atoms with Gasteiger partial charge in [-0.15, -0.1) is 0 Å². The lowest BCUT2D eigenvalue weighted by Gasteiger charge is -2.09. The predicted octanol–water partition coefficient (Wildman–Crippen LogP) is 3.65. The molecule has 0 saturated carbocycles. The summed E-state index contributed by atoms with van der Waals surface area (Å²) in [6, 6.07) is 23.3. The molecule has 0 bridgehead atoms. The van der Waals surface area contributed by atoms with Gasteiger partial charge in [-0.05, 0) is 29.8 Å². The van der Waals surface area contributed by atoms with E-state index in [-0.39, 0.29) is 11.3 Å². The van der Waals surface area contributed by atoms with Crippen molar-refractivity contribution in [3.63, 3.8) is 0 Å². The number of para-hydroxylation sites is 1. The Morgan fingerprint density at radius 3 is 2.50 bits per heavy atom. The van der Waals surface area contributed by atoms with Gasteiger partial charge in [-0.3, -0.25) is 4.79 Å². The van der Waals surface area contributed by atoms with Crippen molar-refractivity contribution in [3.05, 3.63) is 94.8 Å². The average molecular weight is 341 g/mol. The summed E-state index contributed by atoms with van der Waals surface area (Å²) in [5.74, 6) is 0.604. The number of aromatic nitrogens is 2. The van der Waals surface area contributed by atoms with Crippen molar-refractivity contribution in [2.75, 3.05) is 0 Å². The van der Waals surface area contributed by atoms with Gasteiger partial charge in [-0.25, -0.2) is 4.98 Å². The molecule has 0 atom stereocenters. The smallest absolute Gasteiger partial charge is 0.282 e. The summed E-state index contributed by atoms with van der Waals surface area (Å²) in [4.78, 5) is 17.6. The van der Waals surface area contributed by atoms with E-state index in [9.17, 15) is 9.90 Å². The molecule has 1 aromatic heterocycles. The van der Waals surface area contributed by atoms with Crippen LogP contribution in [0.5, 0.6) is 5.75 Å². The van der Waals surface area contributed by atoms with Gasteiger partial charge in [0.1, 0.15) is 5.75 Å². The Bertz CT molecular complexity index is 1160. The van der Waals surface area contributed by atoms with Crippen LogP contribution in [0.25, 0.3) is 22.3 Å². The Hall–Kier alpha value is -3.73. The van der Waals surface area contributed by atoms with E-state index in [1.54, 1.807) is 36.4 Å². The van der Waals surface area contributed by atoms with E-state index in [1.807, 2.05) is 42.5 Å². The third-order valence-corrected chi connectivity index (χ3v) is 3.98. The van der Waals surface area contributed by atoms with E-state index in [0.717, 1.165) is 5.56 Å². The maximum absolute atomic E-state index is 13.0. The summed E-state index contributed by atoms with van der Waals surface area (Å²) in [6.07, 6.45) is 1.53. The molecule has 0 amide bonds. The second kappa shape index (κ2) is 6.64. The normalized spacial score (nSPS) is 11.2. The van der Waals surface area contributed by atoms with Gasteiger partial charge in [-0.1, -0.05) is 54.6 Å². The van der Waals surface area contributed by atoms with E-state index in [4.69, 9.17) is 0 Å². The van der Waals surface area contributed by atoms with Crippen LogP contribution in [0.2, 0.25) is 0 Å². The number of fused-ring (bicyclic) bond motifs is 1. The molecule has 0 fully saturated rings. The lowest BCUT2D eigenvalue weighted by molar-refractivity contribution is 0.475. The van der Waals surface area contributed by atoms with Crippen molar-refractivity contribution in [2.45, 2.75) is 0 Å². The number of hydrogen-bond acceptors (Lipinski definition) is 4. The lowest BCUT2D eigenvalue weighted by Crippen LogP contribution is -2.20. The van der Waals surface area contributed by atoms with Crippen LogP contribution >= 0.6 is 0 Å². The molecule has 26 heavy (non-hydrogen) atoms. The van der Waals surface area contributed by atoms with E-state index in [2.05, 4.69) is 10.1 Å². The van der Waals surface area contributed by atoms with Crippen LogP contribution in [0.15, 0.2) is 88.8 Å². The molecule has 0 aliphatic carbocycles. The fourth-order valence-electron chi connectivity index (χ4n) is 2.73. The number of phenols is 1. The van der Waals surface area contributed by atoms with Crippen molar-refractivity contribution >= 4 is 17.1 Å². The zero-order valence-corrected chi connectivity index (χ0v) is 13.8. The highest BCUT2D eigenvalue weighted by Gasteiger charge is 2.11. The maximum atomic E-state index is 13.0. The fraction of sp³-hybridized carbons (Fsp3) is 0. The van der Waals surface area contributed by atoms with Crippen molar-refractivity contribution in [1.82, 2.24) is 9.66 Å². The Morgan fingerprint density at radius 2 is 1.69 bits per heavy atom. The Kier molecular flexibility index (Phi) is 4.03. The third-order valence-electron chi connectivity index (χ3n) is 3.98. The summed E-state index contributed by atoms with van der Waals surface area (Å²) in [5.41, 5.74) is 1.86. The summed E-state index contributed by atoms with van der Waals surface area (Å²) in [5, 5.41) is 14.4. The van der Waals surface area contributed by atoms with Crippen LogP contribution in [0.3, 0.4) is 0 Å². The standard InChI is InChI=1S/C21H15N3O2/c25-17-10-6-7-15(13-17)14-22-24-20(16-8-2-1-3-9-16)23-19-12-5-4-11-18(19)21(24)26/h1-14,25H/b22-14+. The van der Waals surface area contributed by atoms with Crippen molar-refractivity contribution in [3.8, 4) is 17.1 Å². The molecular weight excluding hydrogens is 326 g/mol. The summed E-state index contributed by atoms with van der Waals surface area (Å²) >= 11 is 0. The summed E-state index contributed by atoms with van der Waals surface area (Å²) in [7, 11) is 0. The zero-order valence-electron chi connectivity index (χ0n) is 13.8. The van der Waals surface area contributed by atoms with Crippen LogP contribution in [0, 0.1) is 0 Å². The molecule has 126 valence electrons. The Balaban J connectivity index is 1.94. The molecule has 0 saturated heterocycles. The summed E-state index contributed by atoms with van der Waals surface area (Å²) < 4.78 is 1.29. The Labute approximate surface area is 149 Å². The molecule has 0 unspecified atom stereocenters. The van der Waals surface area contributed by atoms with Crippen LogP contribution < -0.4 is 5.56 Å². The average Bonchev–Trinajstić information content (AvgIpc) is 2.68. The number of nitrogens with zero attached hydrogens (tertiary/aromatic N) is 3. The van der Waals surface area contributed by atoms with Crippen LogP contribution in [0.4, 0.5) is 0 Å². The second-order valence-corrected chi connectivity index (χ2v) is 5.78. The van der Waals surface area contributed by atoms with Crippen molar-refractivity contribution in [1.29, 1.82) is 0 Å². The SMILES string of the molecule is O=c1c2ccccc2nc(-c2ccccc2)n1/N=C/c1cccc(O)c1. The first-order chi connectivity index (χ1) is 12.7. The minimum Gasteiger partial charge on any atom is -0.508 e. The van der Waals surface area contributed by atoms with Gasteiger partial charge in [0.25, 0.3) is 5.56 Å². The zero-order chi connectivity index (χ0) is 17.9. The fourth-order valence-corrected chi connectivity index (χ4v) is 2.73. The van der Waals surface area contributed by atoms with Crippen LogP contribution in [0.1, 0.15) is 5.56 Å². The molecule has 0 spiro atoms. The van der Waals surface area contributed by atoms with Gasteiger partial charge in [0.2, 0.25) is 0 Å². The molecule has 5 heteroatoms. The monoisotopic (exact) mass is 341 g/mol. The topological polar surface area (TPSA) is 67.5 Å². The molecule has 3 aromatic carbocycles. The molecule has 0 radical (unpaired) electrons. The highest BCUT2D eigenvalue weighted by molar-refractivity contribution is 5.82. The lowest BCUT2D eigenvalue weighted by atomic mass is 10.2. The van der Waals surface area contributed by atoms with E-state index < -0.39 is 0 Å². The molecule has 4 rings (SSSR count). The van der Waals surface area contributed by atoms with Gasteiger partial charge in [-0.2, -0.15) is 9.78 Å². The van der Waals surface area contributed by atoms with E-state index in [0.29, 0.717) is 22.3 Å². The molecule has 1 N–H and O–H groups in total. The first-order valence-electron chi connectivity index (χ1n) is 8.13. The molecular formula is C21H15N3O2. The van der Waals surface area contributed by atoms with Gasteiger partial charge in [0.15, 0.2) is 5.82 Å². The molecule has 0 aliphatic rings. The minimum atomic E-state index is -0.245. The number of aromatic hydroxyl groups is 1. The van der Waals surface area contributed by atoms with Gasteiger partial charge in [0, 0.05) is 5.56 Å². The Morgan fingerprint density at radius 1 is 0.923 bits per heavy atom. The van der Waals surface area contributed by atoms with Crippen LogP contribution in [-0.4, -0.2) is 21.0 Å². The first-order valence-corrected chi connectivity index (χ1v) is 8.13. The third kappa shape index (κ3) is 2.98. The largest absolute Gasteiger partial charge is 0.508 e. The predicted molar refractivity (Wildman–Crippen MR) is 103 cm³/mol. The molecule has 1 heterocycles. The van der Waals surface area contributed by atoms with Gasteiger partial charge < -0.3 is 5.11 Å².